The number of hydrogen-bond donors (Lipinski definition) is 4. The lowest BCUT2D eigenvalue weighted by Gasteiger charge is -2.14. The predicted molar refractivity (Wildman–Crippen MR) is 75.8 cm³/mol. The van der Waals surface area contributed by atoms with Gasteiger partial charge in [-0.1, -0.05) is 17.7 Å². The van der Waals surface area contributed by atoms with Crippen molar-refractivity contribution in [1.29, 1.82) is 0 Å². The number of halogens is 1. The number of amides is 1. The van der Waals surface area contributed by atoms with Crippen LogP contribution in [0.25, 0.3) is 0 Å². The molecule has 0 saturated carbocycles. The highest BCUT2D eigenvalue weighted by Crippen LogP contribution is 2.15. The van der Waals surface area contributed by atoms with E-state index in [0.717, 1.165) is 0 Å². The molecule has 1 unspecified atom stereocenters. The lowest BCUT2D eigenvalue weighted by molar-refractivity contribution is -0.141. The highest BCUT2D eigenvalue weighted by atomic mass is 35.5. The van der Waals surface area contributed by atoms with E-state index in [1.807, 2.05) is 0 Å². The van der Waals surface area contributed by atoms with Crippen LogP contribution < -0.4 is 10.6 Å². The van der Waals surface area contributed by atoms with E-state index in [4.69, 9.17) is 21.8 Å². The molecular weight excluding hydrogens is 284 g/mol. The van der Waals surface area contributed by atoms with Gasteiger partial charge < -0.3 is 20.8 Å². The van der Waals surface area contributed by atoms with Gasteiger partial charge in [-0.15, -0.1) is 0 Å². The molecule has 7 heteroatoms. The van der Waals surface area contributed by atoms with Crippen molar-refractivity contribution in [3.63, 3.8) is 0 Å². The maximum Gasteiger partial charge on any atom is 0.321 e. The van der Waals surface area contributed by atoms with Gasteiger partial charge in [0.15, 0.2) is 0 Å². The molecule has 110 valence electrons. The molecule has 0 heterocycles. The molecular formula is C13H17ClN2O4. The van der Waals surface area contributed by atoms with Crippen LogP contribution in [0, 0.1) is 0 Å². The smallest absolute Gasteiger partial charge is 0.321 e. The number of carbonyl (C=O) groups is 2. The second-order valence-electron chi connectivity index (χ2n) is 4.18. The van der Waals surface area contributed by atoms with Crippen LogP contribution in [0.5, 0.6) is 0 Å². The minimum Gasteiger partial charge on any atom is -0.480 e. The Morgan fingerprint density at radius 3 is 2.70 bits per heavy atom. The first kappa shape index (κ1) is 16.4. The topological polar surface area (TPSA) is 98.7 Å². The number of benzene rings is 1. The summed E-state index contributed by atoms with van der Waals surface area (Å²) in [6, 6.07) is 5.62. The molecule has 0 radical (unpaired) electrons. The highest BCUT2D eigenvalue weighted by Gasteiger charge is 2.20. The van der Waals surface area contributed by atoms with Gasteiger partial charge in [-0.2, -0.15) is 0 Å². The molecule has 0 spiro atoms. The zero-order chi connectivity index (χ0) is 15.0. The van der Waals surface area contributed by atoms with Crippen molar-refractivity contribution >= 4 is 29.2 Å². The van der Waals surface area contributed by atoms with Crippen molar-refractivity contribution in [3.8, 4) is 0 Å². The van der Waals surface area contributed by atoms with E-state index in [9.17, 15) is 9.59 Å². The quantitative estimate of drug-likeness (QED) is 0.539. The Hall–Kier alpha value is -1.63. The lowest BCUT2D eigenvalue weighted by atomic mass is 10.2. The van der Waals surface area contributed by atoms with Crippen LogP contribution in [0.1, 0.15) is 12.8 Å². The summed E-state index contributed by atoms with van der Waals surface area (Å²) in [4.78, 5) is 22.8. The zero-order valence-corrected chi connectivity index (χ0v) is 11.6. The third-order valence-electron chi connectivity index (χ3n) is 2.52. The number of rotatable bonds is 8. The summed E-state index contributed by atoms with van der Waals surface area (Å²) in [6.07, 6.45) is 0.229. The Kier molecular flexibility index (Phi) is 7.00. The van der Waals surface area contributed by atoms with Gasteiger partial charge >= 0.3 is 5.97 Å². The molecule has 1 aromatic carbocycles. The summed E-state index contributed by atoms with van der Waals surface area (Å²) in [5.74, 6) is -1.53. The molecule has 0 bridgehead atoms. The summed E-state index contributed by atoms with van der Waals surface area (Å²) >= 11 is 5.79. The van der Waals surface area contributed by atoms with Gasteiger partial charge in [0.2, 0.25) is 5.91 Å². The molecule has 20 heavy (non-hydrogen) atoms. The third-order valence-corrected chi connectivity index (χ3v) is 2.76. The summed E-state index contributed by atoms with van der Waals surface area (Å²) in [5, 5.41) is 23.4. The van der Waals surface area contributed by atoms with E-state index in [2.05, 4.69) is 10.6 Å². The lowest BCUT2D eigenvalue weighted by Crippen LogP contribution is -2.40. The number of carbonyl (C=O) groups excluding carboxylic acids is 1. The van der Waals surface area contributed by atoms with Crippen molar-refractivity contribution in [1.82, 2.24) is 5.32 Å². The number of aliphatic hydroxyl groups is 1. The van der Waals surface area contributed by atoms with E-state index in [1.54, 1.807) is 24.3 Å². The Bertz CT molecular complexity index is 467. The molecule has 1 amide bonds. The average molecular weight is 301 g/mol. The minimum absolute atomic E-state index is 0.0337. The van der Waals surface area contributed by atoms with Gasteiger partial charge in [0.05, 0.1) is 6.42 Å². The minimum atomic E-state index is -1.11. The van der Waals surface area contributed by atoms with Crippen LogP contribution in [0.4, 0.5) is 5.69 Å². The summed E-state index contributed by atoms with van der Waals surface area (Å²) in [7, 11) is 0. The van der Waals surface area contributed by atoms with E-state index in [0.29, 0.717) is 23.7 Å². The zero-order valence-electron chi connectivity index (χ0n) is 10.8. The molecule has 1 rings (SSSR count). The third kappa shape index (κ3) is 6.01. The van der Waals surface area contributed by atoms with Gasteiger partial charge in [0.25, 0.3) is 0 Å². The molecule has 0 aromatic heterocycles. The number of anilines is 1. The van der Waals surface area contributed by atoms with Crippen molar-refractivity contribution in [2.24, 2.45) is 0 Å². The Morgan fingerprint density at radius 2 is 2.10 bits per heavy atom. The second kappa shape index (κ2) is 8.52. The number of carboxylic acids is 1. The fraction of sp³-hybridized carbons (Fsp3) is 0.385. The van der Waals surface area contributed by atoms with Crippen molar-refractivity contribution < 1.29 is 19.8 Å². The van der Waals surface area contributed by atoms with Gasteiger partial charge in [0, 0.05) is 17.3 Å². The first-order chi connectivity index (χ1) is 9.52. The maximum atomic E-state index is 11.8. The monoisotopic (exact) mass is 300 g/mol. The number of hydrogen-bond acceptors (Lipinski definition) is 4. The standard InChI is InChI=1S/C13H17ClN2O4/c14-9-3-1-4-10(7-9)16-12(18)8-11(13(19)20)15-5-2-6-17/h1,3-4,7,11,15,17H,2,5-6,8H2,(H,16,18)(H,19,20). The van der Waals surface area contributed by atoms with Crippen molar-refractivity contribution in [2.45, 2.75) is 18.9 Å². The Labute approximate surface area is 121 Å². The number of aliphatic carboxylic acids is 1. The Morgan fingerprint density at radius 1 is 1.35 bits per heavy atom. The van der Waals surface area contributed by atoms with Gasteiger partial charge in [-0.25, -0.2) is 0 Å². The van der Waals surface area contributed by atoms with Gasteiger partial charge in [-0.05, 0) is 31.2 Å². The van der Waals surface area contributed by atoms with Crippen molar-refractivity contribution in [3.05, 3.63) is 29.3 Å². The Balaban J connectivity index is 2.51. The molecule has 4 N–H and O–H groups in total. The van der Waals surface area contributed by atoms with E-state index in [-0.39, 0.29) is 13.0 Å². The van der Waals surface area contributed by atoms with E-state index >= 15 is 0 Å². The summed E-state index contributed by atoms with van der Waals surface area (Å²) in [5.41, 5.74) is 0.516. The van der Waals surface area contributed by atoms with Crippen LogP contribution in [0.2, 0.25) is 5.02 Å². The molecule has 0 fully saturated rings. The van der Waals surface area contributed by atoms with E-state index in [1.165, 1.54) is 0 Å². The SMILES string of the molecule is O=C(CC(NCCCO)C(=O)O)Nc1cccc(Cl)c1. The van der Waals surface area contributed by atoms with E-state index < -0.39 is 17.9 Å². The second-order valence-corrected chi connectivity index (χ2v) is 4.62. The largest absolute Gasteiger partial charge is 0.480 e. The summed E-state index contributed by atoms with van der Waals surface area (Å²) in [6.45, 7) is 0.298. The number of aliphatic hydroxyl groups excluding tert-OH is 1. The fourth-order valence-electron chi connectivity index (χ4n) is 1.57. The number of nitrogens with one attached hydrogen (secondary N) is 2. The normalized spacial score (nSPS) is 11.9. The first-order valence-corrected chi connectivity index (χ1v) is 6.53. The summed E-state index contributed by atoms with van der Waals surface area (Å²) < 4.78 is 0. The average Bonchev–Trinajstić information content (AvgIpc) is 2.37. The number of carboxylic acid groups (broad SMARTS) is 1. The molecule has 1 aromatic rings. The van der Waals surface area contributed by atoms with Crippen molar-refractivity contribution in [2.75, 3.05) is 18.5 Å². The molecule has 0 aliphatic rings. The molecule has 0 saturated heterocycles. The van der Waals surface area contributed by atoms with Crippen LogP contribution in [0.15, 0.2) is 24.3 Å². The van der Waals surface area contributed by atoms with Gasteiger partial charge in [0.1, 0.15) is 6.04 Å². The van der Waals surface area contributed by atoms with Gasteiger partial charge in [-0.3, -0.25) is 9.59 Å². The maximum absolute atomic E-state index is 11.8. The molecule has 1 atom stereocenters. The van der Waals surface area contributed by atoms with Crippen LogP contribution in [0.3, 0.4) is 0 Å². The molecule has 0 aliphatic heterocycles. The molecule has 0 aliphatic carbocycles. The molecule has 6 nitrogen and oxygen atoms in total. The van der Waals surface area contributed by atoms with Crippen LogP contribution >= 0.6 is 11.6 Å². The highest BCUT2D eigenvalue weighted by molar-refractivity contribution is 6.30. The fourth-order valence-corrected chi connectivity index (χ4v) is 1.76. The van der Waals surface area contributed by atoms with Crippen LogP contribution in [-0.2, 0) is 9.59 Å². The first-order valence-electron chi connectivity index (χ1n) is 6.15. The van der Waals surface area contributed by atoms with Crippen LogP contribution in [-0.4, -0.2) is 41.3 Å². The predicted octanol–water partition coefficient (Wildman–Crippen LogP) is 1.09.